The largest absolute Gasteiger partial charge is 0.310 e. The fraction of sp³-hybridized carbons (Fsp3) is 0.250. The molecule has 0 amide bonds. The Kier molecular flexibility index (Phi) is 4.27. The van der Waals surface area contributed by atoms with Gasteiger partial charge < -0.3 is 5.32 Å². The molecule has 0 aliphatic carbocycles. The fourth-order valence-electron chi connectivity index (χ4n) is 1.85. The minimum absolute atomic E-state index is 0.421. The van der Waals surface area contributed by atoms with Gasteiger partial charge >= 0.3 is 0 Å². The second-order valence-corrected chi connectivity index (χ2v) is 4.86. The summed E-state index contributed by atoms with van der Waals surface area (Å²) in [5, 5.41) is 3.32. The number of halogens is 2. The molecule has 19 heavy (non-hydrogen) atoms. The molecule has 0 saturated heterocycles. The molecule has 1 nitrogen and oxygen atoms in total. The van der Waals surface area contributed by atoms with Gasteiger partial charge in [-0.2, -0.15) is 0 Å². The minimum Gasteiger partial charge on any atom is -0.310 e. The third kappa shape index (κ3) is 3.61. The quantitative estimate of drug-likeness (QED) is 0.872. The highest BCUT2D eigenvalue weighted by atomic mass is 19.1. The molecule has 1 N–H and O–H groups in total. The number of hydrogen-bond acceptors (Lipinski definition) is 1. The third-order valence-electron chi connectivity index (χ3n) is 2.91. The predicted octanol–water partition coefficient (Wildman–Crippen LogP) is 4.13. The van der Waals surface area contributed by atoms with Crippen molar-refractivity contribution in [2.24, 2.45) is 0 Å². The van der Waals surface area contributed by atoms with E-state index >= 15 is 0 Å². The summed E-state index contributed by atoms with van der Waals surface area (Å²) in [6.45, 7) is 4.95. The Labute approximate surface area is 112 Å². The molecule has 0 aliphatic rings. The molecule has 0 heterocycles. The van der Waals surface area contributed by atoms with Gasteiger partial charge in [-0.3, -0.25) is 0 Å². The standard InChI is InChI=1S/C16H17F2N/c1-11(2)19-10-12-3-5-13(6-4-12)15-8-7-14(17)9-16(15)18/h3-9,11,19H,10H2,1-2H3. The maximum atomic E-state index is 13.6. The van der Waals surface area contributed by atoms with Crippen LogP contribution in [0.1, 0.15) is 19.4 Å². The van der Waals surface area contributed by atoms with Crippen LogP contribution in [0.4, 0.5) is 8.78 Å². The normalized spacial score (nSPS) is 11.0. The summed E-state index contributed by atoms with van der Waals surface area (Å²) in [7, 11) is 0. The SMILES string of the molecule is CC(C)NCc1ccc(-c2ccc(F)cc2F)cc1. The van der Waals surface area contributed by atoms with Crippen LogP contribution in [0.3, 0.4) is 0 Å². The van der Waals surface area contributed by atoms with Gasteiger partial charge in [0.15, 0.2) is 0 Å². The van der Waals surface area contributed by atoms with Gasteiger partial charge in [-0.1, -0.05) is 38.1 Å². The van der Waals surface area contributed by atoms with E-state index < -0.39 is 11.6 Å². The van der Waals surface area contributed by atoms with E-state index in [1.165, 1.54) is 12.1 Å². The molecule has 0 aromatic heterocycles. The van der Waals surface area contributed by atoms with Crippen molar-refractivity contribution in [2.45, 2.75) is 26.4 Å². The van der Waals surface area contributed by atoms with Gasteiger partial charge in [0.2, 0.25) is 0 Å². The Bertz CT molecular complexity index is 547. The first kappa shape index (κ1) is 13.7. The first-order valence-corrected chi connectivity index (χ1v) is 6.34. The van der Waals surface area contributed by atoms with E-state index in [-0.39, 0.29) is 0 Å². The second-order valence-electron chi connectivity index (χ2n) is 4.86. The molecule has 3 heteroatoms. The van der Waals surface area contributed by atoms with E-state index in [0.29, 0.717) is 11.6 Å². The van der Waals surface area contributed by atoms with Crippen LogP contribution in [0.5, 0.6) is 0 Å². The lowest BCUT2D eigenvalue weighted by atomic mass is 10.0. The first-order valence-electron chi connectivity index (χ1n) is 6.34. The number of benzene rings is 2. The van der Waals surface area contributed by atoms with Crippen LogP contribution in [0.2, 0.25) is 0 Å². The minimum atomic E-state index is -0.556. The smallest absolute Gasteiger partial charge is 0.133 e. The lowest BCUT2D eigenvalue weighted by Crippen LogP contribution is -2.21. The van der Waals surface area contributed by atoms with Crippen LogP contribution in [-0.2, 0) is 6.54 Å². The van der Waals surface area contributed by atoms with Crippen molar-refractivity contribution >= 4 is 0 Å². The molecule has 2 aromatic rings. The monoisotopic (exact) mass is 261 g/mol. The van der Waals surface area contributed by atoms with Crippen LogP contribution < -0.4 is 5.32 Å². The number of rotatable bonds is 4. The molecule has 0 saturated carbocycles. The van der Waals surface area contributed by atoms with Gasteiger partial charge in [0.05, 0.1) is 0 Å². The summed E-state index contributed by atoms with van der Waals surface area (Å²) >= 11 is 0. The van der Waals surface area contributed by atoms with Crippen LogP contribution in [0.15, 0.2) is 42.5 Å². The Morgan fingerprint density at radius 2 is 1.68 bits per heavy atom. The van der Waals surface area contributed by atoms with Crippen LogP contribution in [0, 0.1) is 11.6 Å². The zero-order valence-electron chi connectivity index (χ0n) is 11.1. The predicted molar refractivity (Wildman–Crippen MR) is 73.8 cm³/mol. The molecular weight excluding hydrogens is 244 g/mol. The van der Waals surface area contributed by atoms with E-state index in [9.17, 15) is 8.78 Å². The summed E-state index contributed by atoms with van der Waals surface area (Å²) in [4.78, 5) is 0. The van der Waals surface area contributed by atoms with Crippen molar-refractivity contribution in [1.29, 1.82) is 0 Å². The maximum absolute atomic E-state index is 13.6. The Morgan fingerprint density at radius 3 is 2.26 bits per heavy atom. The molecule has 100 valence electrons. The van der Waals surface area contributed by atoms with Gasteiger partial charge in [0.1, 0.15) is 11.6 Å². The van der Waals surface area contributed by atoms with E-state index in [0.717, 1.165) is 23.7 Å². The Balaban J connectivity index is 2.18. The highest BCUT2D eigenvalue weighted by molar-refractivity contribution is 5.64. The number of nitrogens with one attached hydrogen (secondary N) is 1. The third-order valence-corrected chi connectivity index (χ3v) is 2.91. The molecule has 0 unspecified atom stereocenters. The summed E-state index contributed by atoms with van der Waals surface area (Å²) in [6.07, 6.45) is 0. The highest BCUT2D eigenvalue weighted by Gasteiger charge is 2.06. The summed E-state index contributed by atoms with van der Waals surface area (Å²) < 4.78 is 26.5. The second kappa shape index (κ2) is 5.93. The molecule has 0 bridgehead atoms. The highest BCUT2D eigenvalue weighted by Crippen LogP contribution is 2.23. The topological polar surface area (TPSA) is 12.0 Å². The van der Waals surface area contributed by atoms with Gasteiger partial charge in [-0.25, -0.2) is 8.78 Å². The summed E-state index contributed by atoms with van der Waals surface area (Å²) in [6, 6.07) is 11.7. The summed E-state index contributed by atoms with van der Waals surface area (Å²) in [5.74, 6) is -1.09. The molecule has 2 aromatic carbocycles. The van der Waals surface area contributed by atoms with E-state index in [1.807, 2.05) is 24.3 Å². The molecule has 2 rings (SSSR count). The lowest BCUT2D eigenvalue weighted by molar-refractivity contribution is 0.585. The zero-order chi connectivity index (χ0) is 13.8. The van der Waals surface area contributed by atoms with Crippen molar-refractivity contribution in [3.8, 4) is 11.1 Å². The van der Waals surface area contributed by atoms with E-state index in [4.69, 9.17) is 0 Å². The van der Waals surface area contributed by atoms with Gasteiger partial charge in [-0.15, -0.1) is 0 Å². The fourth-order valence-corrected chi connectivity index (χ4v) is 1.85. The van der Waals surface area contributed by atoms with Crippen molar-refractivity contribution in [3.05, 3.63) is 59.7 Å². The molecule has 0 spiro atoms. The van der Waals surface area contributed by atoms with Crippen molar-refractivity contribution in [3.63, 3.8) is 0 Å². The molecule has 0 atom stereocenters. The van der Waals surface area contributed by atoms with Crippen molar-refractivity contribution < 1.29 is 8.78 Å². The summed E-state index contributed by atoms with van der Waals surface area (Å²) in [5.41, 5.74) is 2.32. The lowest BCUT2D eigenvalue weighted by Gasteiger charge is -2.09. The maximum Gasteiger partial charge on any atom is 0.133 e. The van der Waals surface area contributed by atoms with Crippen molar-refractivity contribution in [1.82, 2.24) is 5.32 Å². The molecule has 0 radical (unpaired) electrons. The first-order chi connectivity index (χ1) is 9.06. The number of hydrogen-bond donors (Lipinski definition) is 1. The van der Waals surface area contributed by atoms with Gasteiger partial charge in [-0.05, 0) is 23.3 Å². The van der Waals surface area contributed by atoms with E-state index in [1.54, 1.807) is 0 Å². The molecular formula is C16H17F2N. The average molecular weight is 261 g/mol. The van der Waals surface area contributed by atoms with Gasteiger partial charge in [0.25, 0.3) is 0 Å². The average Bonchev–Trinajstić information content (AvgIpc) is 2.37. The zero-order valence-corrected chi connectivity index (χ0v) is 11.1. The Hall–Kier alpha value is -1.74. The van der Waals surface area contributed by atoms with Crippen molar-refractivity contribution in [2.75, 3.05) is 0 Å². The van der Waals surface area contributed by atoms with Gasteiger partial charge in [0, 0.05) is 24.2 Å². The van der Waals surface area contributed by atoms with Crippen LogP contribution in [0.25, 0.3) is 11.1 Å². The molecule has 0 fully saturated rings. The van der Waals surface area contributed by atoms with Crippen LogP contribution in [-0.4, -0.2) is 6.04 Å². The Morgan fingerprint density at radius 1 is 1.00 bits per heavy atom. The molecule has 0 aliphatic heterocycles. The van der Waals surface area contributed by atoms with Crippen LogP contribution >= 0.6 is 0 Å². The van der Waals surface area contributed by atoms with E-state index in [2.05, 4.69) is 19.2 Å².